The van der Waals surface area contributed by atoms with Gasteiger partial charge in [0.1, 0.15) is 17.2 Å². The Morgan fingerprint density at radius 3 is 2.53 bits per heavy atom. The molecule has 0 spiro atoms. The monoisotopic (exact) mass is 427 g/mol. The number of nitrogen functional groups attached to an aromatic ring is 1. The number of anilines is 1. The minimum atomic E-state index is -0.258. The molecular weight excluding hydrogens is 402 g/mol. The Morgan fingerprint density at radius 1 is 1.13 bits per heavy atom. The van der Waals surface area contributed by atoms with Gasteiger partial charge < -0.3 is 20.7 Å². The highest BCUT2D eigenvalue weighted by Crippen LogP contribution is 2.30. The summed E-state index contributed by atoms with van der Waals surface area (Å²) in [7, 11) is 1.56. The summed E-state index contributed by atoms with van der Waals surface area (Å²) in [4.78, 5) is 32.4. The number of amides is 2. The van der Waals surface area contributed by atoms with Crippen molar-refractivity contribution in [2.45, 2.75) is 26.2 Å². The van der Waals surface area contributed by atoms with E-state index in [9.17, 15) is 9.59 Å². The second kappa shape index (κ2) is 10.0. The van der Waals surface area contributed by atoms with Gasteiger partial charge in [0.2, 0.25) is 5.91 Å². The Kier molecular flexibility index (Phi) is 7.18. The van der Waals surface area contributed by atoms with Crippen LogP contribution in [0.4, 0.5) is 5.13 Å². The molecule has 8 nitrogen and oxygen atoms in total. The molecule has 3 aromatic rings. The van der Waals surface area contributed by atoms with Gasteiger partial charge >= 0.3 is 0 Å². The van der Waals surface area contributed by atoms with Crippen LogP contribution >= 0.6 is 11.3 Å². The van der Waals surface area contributed by atoms with Gasteiger partial charge in [-0.1, -0.05) is 11.3 Å². The fourth-order valence-corrected chi connectivity index (χ4v) is 3.82. The number of piperidine rings is 1. The van der Waals surface area contributed by atoms with Crippen LogP contribution < -0.4 is 15.8 Å². The summed E-state index contributed by atoms with van der Waals surface area (Å²) in [6, 6.07) is 8.80. The van der Waals surface area contributed by atoms with Crippen molar-refractivity contribution in [1.82, 2.24) is 20.2 Å². The van der Waals surface area contributed by atoms with Crippen molar-refractivity contribution in [3.8, 4) is 11.5 Å². The second-order valence-corrected chi connectivity index (χ2v) is 7.87. The lowest BCUT2D eigenvalue weighted by atomic mass is 10.1. The largest absolute Gasteiger partial charge is 0.457 e. The highest BCUT2D eigenvalue weighted by atomic mass is 32.1. The molecule has 1 aliphatic rings. The molecule has 1 aliphatic heterocycles. The predicted molar refractivity (Wildman–Crippen MR) is 118 cm³/mol. The van der Waals surface area contributed by atoms with E-state index in [0.717, 1.165) is 23.3 Å². The van der Waals surface area contributed by atoms with E-state index in [0.29, 0.717) is 22.3 Å². The van der Waals surface area contributed by atoms with Crippen LogP contribution in [0.2, 0.25) is 0 Å². The standard InChI is InChI=1S/C14H12N4O2S.C7H13NO/c1-16-13(19)11-6-9(4-5-17-11)20-8-2-3-10-12(7-8)21-14(15)18-10;1-7(9)8-5-3-2-4-6-8/h2-7H,1H3,(H2,15,18)(H,16,19);2-6H2,1H3. The van der Waals surface area contributed by atoms with E-state index in [4.69, 9.17) is 10.5 Å². The van der Waals surface area contributed by atoms with Gasteiger partial charge in [-0.05, 0) is 37.5 Å². The molecule has 0 aliphatic carbocycles. The quantitative estimate of drug-likeness (QED) is 0.662. The maximum absolute atomic E-state index is 11.5. The smallest absolute Gasteiger partial charge is 0.269 e. The number of thiazole rings is 1. The van der Waals surface area contributed by atoms with Crippen LogP contribution in [-0.4, -0.2) is 46.8 Å². The third kappa shape index (κ3) is 5.66. The van der Waals surface area contributed by atoms with Crippen LogP contribution in [0.5, 0.6) is 11.5 Å². The molecule has 3 N–H and O–H groups in total. The Morgan fingerprint density at radius 2 is 1.87 bits per heavy atom. The van der Waals surface area contributed by atoms with Crippen molar-refractivity contribution < 1.29 is 14.3 Å². The molecule has 0 saturated carbocycles. The van der Waals surface area contributed by atoms with Gasteiger partial charge in [-0.2, -0.15) is 0 Å². The molecule has 30 heavy (non-hydrogen) atoms. The number of ether oxygens (including phenoxy) is 1. The van der Waals surface area contributed by atoms with Crippen LogP contribution in [0.25, 0.3) is 10.2 Å². The zero-order valence-electron chi connectivity index (χ0n) is 17.1. The molecule has 2 aromatic heterocycles. The van der Waals surface area contributed by atoms with E-state index in [1.165, 1.54) is 36.8 Å². The number of hydrogen-bond acceptors (Lipinski definition) is 7. The number of fused-ring (bicyclic) bond motifs is 1. The molecule has 1 saturated heterocycles. The summed E-state index contributed by atoms with van der Waals surface area (Å²) in [6.45, 7) is 3.61. The third-order valence-electron chi connectivity index (χ3n) is 4.60. The van der Waals surface area contributed by atoms with E-state index in [2.05, 4.69) is 15.3 Å². The maximum Gasteiger partial charge on any atom is 0.269 e. The van der Waals surface area contributed by atoms with Crippen LogP contribution in [0.3, 0.4) is 0 Å². The number of nitrogens with two attached hydrogens (primary N) is 1. The molecule has 9 heteroatoms. The predicted octanol–water partition coefficient (Wildman–Crippen LogP) is 3.44. The summed E-state index contributed by atoms with van der Waals surface area (Å²) in [5, 5.41) is 3.04. The topological polar surface area (TPSA) is 110 Å². The number of aromatic nitrogens is 2. The Labute approximate surface area is 179 Å². The lowest BCUT2D eigenvalue weighted by molar-refractivity contribution is -0.129. The molecule has 0 radical (unpaired) electrons. The molecule has 0 atom stereocenters. The molecule has 0 unspecified atom stereocenters. The third-order valence-corrected chi connectivity index (χ3v) is 5.45. The van der Waals surface area contributed by atoms with Crippen molar-refractivity contribution in [1.29, 1.82) is 0 Å². The molecule has 1 fully saturated rings. The Balaban J connectivity index is 0.000000239. The minimum absolute atomic E-state index is 0.231. The van der Waals surface area contributed by atoms with Crippen LogP contribution in [-0.2, 0) is 4.79 Å². The first-order valence-electron chi connectivity index (χ1n) is 9.74. The normalized spacial score (nSPS) is 13.3. The van der Waals surface area contributed by atoms with Gasteiger partial charge in [-0.3, -0.25) is 14.6 Å². The fraction of sp³-hybridized carbons (Fsp3) is 0.333. The fourth-order valence-electron chi connectivity index (χ4n) is 3.06. The zero-order valence-corrected chi connectivity index (χ0v) is 17.9. The zero-order chi connectivity index (χ0) is 21.5. The number of carbonyl (C=O) groups excluding carboxylic acids is 2. The van der Waals surface area contributed by atoms with Gasteiger partial charge in [0.15, 0.2) is 5.13 Å². The summed E-state index contributed by atoms with van der Waals surface area (Å²) < 4.78 is 6.70. The summed E-state index contributed by atoms with van der Waals surface area (Å²) in [5.74, 6) is 1.17. The van der Waals surface area contributed by atoms with E-state index in [1.807, 2.05) is 23.1 Å². The van der Waals surface area contributed by atoms with Crippen LogP contribution in [0, 0.1) is 0 Å². The van der Waals surface area contributed by atoms with Gasteiger partial charge in [0.05, 0.1) is 10.2 Å². The first-order chi connectivity index (χ1) is 14.5. The van der Waals surface area contributed by atoms with Gasteiger partial charge in [-0.25, -0.2) is 4.98 Å². The first-order valence-corrected chi connectivity index (χ1v) is 10.6. The Hall–Kier alpha value is -3.20. The van der Waals surface area contributed by atoms with E-state index in [-0.39, 0.29) is 11.8 Å². The van der Waals surface area contributed by atoms with Crippen molar-refractivity contribution in [3.05, 3.63) is 42.2 Å². The molecule has 4 rings (SSSR count). The van der Waals surface area contributed by atoms with E-state index >= 15 is 0 Å². The number of nitrogens with zero attached hydrogens (tertiary/aromatic N) is 3. The van der Waals surface area contributed by atoms with Crippen LogP contribution in [0.1, 0.15) is 36.7 Å². The molecule has 0 bridgehead atoms. The number of carbonyl (C=O) groups is 2. The summed E-state index contributed by atoms with van der Waals surface area (Å²) in [6.07, 6.45) is 5.21. The van der Waals surface area contributed by atoms with E-state index < -0.39 is 0 Å². The lowest BCUT2D eigenvalue weighted by Crippen LogP contribution is -2.33. The van der Waals surface area contributed by atoms with E-state index in [1.54, 1.807) is 26.1 Å². The van der Waals surface area contributed by atoms with Crippen LogP contribution in [0.15, 0.2) is 36.5 Å². The van der Waals surface area contributed by atoms with Crippen molar-refractivity contribution >= 4 is 38.5 Å². The highest BCUT2D eigenvalue weighted by molar-refractivity contribution is 7.22. The molecule has 1 aromatic carbocycles. The van der Waals surface area contributed by atoms with Gasteiger partial charge in [0, 0.05) is 45.4 Å². The number of nitrogens with one attached hydrogen (secondary N) is 1. The number of pyridine rings is 1. The number of hydrogen-bond donors (Lipinski definition) is 2. The second-order valence-electron chi connectivity index (χ2n) is 6.81. The minimum Gasteiger partial charge on any atom is -0.457 e. The average Bonchev–Trinajstić information content (AvgIpc) is 3.13. The van der Waals surface area contributed by atoms with Gasteiger partial charge in [0.25, 0.3) is 5.91 Å². The SMILES string of the molecule is CC(=O)N1CCCCC1.CNC(=O)c1cc(Oc2ccc3nc(N)sc3c2)ccn1. The van der Waals surface area contributed by atoms with Crippen molar-refractivity contribution in [2.24, 2.45) is 0 Å². The maximum atomic E-state index is 11.5. The summed E-state index contributed by atoms with van der Waals surface area (Å²) in [5.41, 5.74) is 6.82. The summed E-state index contributed by atoms with van der Waals surface area (Å²) >= 11 is 1.40. The number of benzene rings is 1. The highest BCUT2D eigenvalue weighted by Gasteiger charge is 2.11. The lowest BCUT2D eigenvalue weighted by Gasteiger charge is -2.24. The molecule has 158 valence electrons. The van der Waals surface area contributed by atoms with Gasteiger partial charge in [-0.15, -0.1) is 0 Å². The first kappa shape index (κ1) is 21.5. The molecular formula is C21H25N5O3S. The molecule has 2 amide bonds. The van der Waals surface area contributed by atoms with Crippen molar-refractivity contribution in [2.75, 3.05) is 25.9 Å². The number of rotatable bonds is 3. The molecule has 3 heterocycles. The van der Waals surface area contributed by atoms with Crippen molar-refractivity contribution in [3.63, 3.8) is 0 Å². The Bertz CT molecular complexity index is 1030. The number of likely N-dealkylation sites (tertiary alicyclic amines) is 1. The average molecular weight is 428 g/mol.